The Kier molecular flexibility index (Phi) is 4.83. The van der Waals surface area contributed by atoms with Gasteiger partial charge in [-0.05, 0) is 37.6 Å². The quantitative estimate of drug-likeness (QED) is 0.671. The maximum atomic E-state index is 12.7. The fraction of sp³-hybridized carbons (Fsp3) is 0.300. The lowest BCUT2D eigenvalue weighted by atomic mass is 10.00. The van der Waals surface area contributed by atoms with Gasteiger partial charge in [0.05, 0.1) is 21.4 Å². The molecular formula is C20H21N5O3S. The SMILES string of the molecule is CN1CCOc2ccc(/C=c3\s/c(=C/C(=O)C(C)(C)n4cncn4)[nH]c3=O)cc21. The van der Waals surface area contributed by atoms with E-state index in [0.717, 1.165) is 23.5 Å². The first kappa shape index (κ1) is 19.1. The molecule has 0 amide bonds. The number of anilines is 1. The van der Waals surface area contributed by atoms with Crippen LogP contribution in [0.4, 0.5) is 5.69 Å². The molecule has 1 aliphatic heterocycles. The summed E-state index contributed by atoms with van der Waals surface area (Å²) in [6.45, 7) is 4.99. The van der Waals surface area contributed by atoms with Crippen molar-refractivity contribution in [1.29, 1.82) is 0 Å². The van der Waals surface area contributed by atoms with E-state index in [0.29, 0.717) is 15.8 Å². The van der Waals surface area contributed by atoms with Crippen molar-refractivity contribution in [2.45, 2.75) is 19.4 Å². The predicted molar refractivity (Wildman–Crippen MR) is 112 cm³/mol. The number of ketones is 1. The van der Waals surface area contributed by atoms with Crippen molar-refractivity contribution in [3.8, 4) is 5.75 Å². The van der Waals surface area contributed by atoms with E-state index in [-0.39, 0.29) is 11.3 Å². The Bertz CT molecular complexity index is 1220. The second-order valence-corrected chi connectivity index (χ2v) is 8.42. The number of likely N-dealkylation sites (N-methyl/N-ethyl adjacent to an activating group) is 1. The Hall–Kier alpha value is -3.20. The van der Waals surface area contributed by atoms with Gasteiger partial charge < -0.3 is 14.6 Å². The van der Waals surface area contributed by atoms with Crippen molar-refractivity contribution in [2.24, 2.45) is 0 Å². The van der Waals surface area contributed by atoms with Gasteiger partial charge in [0.15, 0.2) is 5.78 Å². The molecule has 1 aromatic carbocycles. The summed E-state index contributed by atoms with van der Waals surface area (Å²) in [5, 5.41) is 4.05. The van der Waals surface area contributed by atoms with Crippen LogP contribution in [0.2, 0.25) is 0 Å². The molecule has 3 heterocycles. The van der Waals surface area contributed by atoms with Crippen molar-refractivity contribution < 1.29 is 9.53 Å². The van der Waals surface area contributed by atoms with E-state index in [2.05, 4.69) is 20.0 Å². The molecule has 8 nitrogen and oxygen atoms in total. The first-order valence-electron chi connectivity index (χ1n) is 9.15. The Labute approximate surface area is 170 Å². The number of hydrogen-bond donors (Lipinski definition) is 1. The van der Waals surface area contributed by atoms with Crippen LogP contribution in [0.25, 0.3) is 12.2 Å². The number of carbonyl (C=O) groups excluding carboxylic acids is 1. The van der Waals surface area contributed by atoms with Crippen LogP contribution in [0, 0.1) is 0 Å². The van der Waals surface area contributed by atoms with E-state index < -0.39 is 5.54 Å². The predicted octanol–water partition coefficient (Wildman–Crippen LogP) is 0.470. The number of H-pyrrole nitrogens is 1. The summed E-state index contributed by atoms with van der Waals surface area (Å²) in [7, 11) is 2.01. The zero-order valence-corrected chi connectivity index (χ0v) is 17.2. The average molecular weight is 411 g/mol. The Morgan fingerprint density at radius 2 is 2.21 bits per heavy atom. The number of thiazole rings is 1. The van der Waals surface area contributed by atoms with Gasteiger partial charge in [0.25, 0.3) is 5.56 Å². The highest BCUT2D eigenvalue weighted by Gasteiger charge is 2.28. The number of benzene rings is 1. The number of aromatic nitrogens is 4. The van der Waals surface area contributed by atoms with Crippen molar-refractivity contribution in [3.05, 3.63) is 56.0 Å². The number of Topliss-reactive ketones (excluding diaryl/α,β-unsaturated/α-hetero) is 1. The average Bonchev–Trinajstić information content (AvgIpc) is 3.33. The molecular weight excluding hydrogens is 390 g/mol. The zero-order chi connectivity index (χ0) is 20.6. The summed E-state index contributed by atoms with van der Waals surface area (Å²) in [5.74, 6) is 0.658. The lowest BCUT2D eigenvalue weighted by Crippen LogP contribution is -2.36. The topological polar surface area (TPSA) is 93.1 Å². The van der Waals surface area contributed by atoms with Crippen molar-refractivity contribution in [3.63, 3.8) is 0 Å². The Morgan fingerprint density at radius 1 is 1.38 bits per heavy atom. The van der Waals surface area contributed by atoms with Crippen LogP contribution in [0.1, 0.15) is 19.4 Å². The van der Waals surface area contributed by atoms with Crippen LogP contribution < -0.4 is 24.4 Å². The number of nitrogens with one attached hydrogen (secondary N) is 1. The molecule has 0 unspecified atom stereocenters. The van der Waals surface area contributed by atoms with E-state index in [1.807, 2.05) is 31.3 Å². The van der Waals surface area contributed by atoms with Gasteiger partial charge >= 0.3 is 0 Å². The number of fused-ring (bicyclic) bond motifs is 1. The van der Waals surface area contributed by atoms with Crippen molar-refractivity contribution in [2.75, 3.05) is 25.1 Å². The van der Waals surface area contributed by atoms with Gasteiger partial charge in [0, 0.05) is 13.1 Å². The third-order valence-electron chi connectivity index (χ3n) is 4.91. The third-order valence-corrected chi connectivity index (χ3v) is 5.88. The number of carbonyl (C=O) groups is 1. The highest BCUT2D eigenvalue weighted by Crippen LogP contribution is 2.31. The van der Waals surface area contributed by atoms with Gasteiger partial charge in [-0.1, -0.05) is 6.07 Å². The number of ether oxygens (including phenoxy) is 1. The highest BCUT2D eigenvalue weighted by molar-refractivity contribution is 7.07. The minimum absolute atomic E-state index is 0.181. The molecule has 0 aliphatic carbocycles. The molecule has 1 aliphatic rings. The van der Waals surface area contributed by atoms with Gasteiger partial charge in [0.1, 0.15) is 30.5 Å². The van der Waals surface area contributed by atoms with Crippen LogP contribution in [0.5, 0.6) is 5.75 Å². The van der Waals surface area contributed by atoms with E-state index in [9.17, 15) is 9.59 Å². The van der Waals surface area contributed by atoms with E-state index in [1.54, 1.807) is 13.8 Å². The third kappa shape index (κ3) is 3.73. The first-order chi connectivity index (χ1) is 13.8. The van der Waals surface area contributed by atoms with E-state index in [4.69, 9.17) is 4.74 Å². The second-order valence-electron chi connectivity index (χ2n) is 7.33. The minimum Gasteiger partial charge on any atom is -0.490 e. The monoisotopic (exact) mass is 411 g/mol. The zero-order valence-electron chi connectivity index (χ0n) is 16.4. The smallest absolute Gasteiger partial charge is 0.266 e. The molecule has 0 saturated carbocycles. The normalized spacial score (nSPS) is 15.3. The maximum absolute atomic E-state index is 12.7. The minimum atomic E-state index is -0.898. The molecule has 150 valence electrons. The summed E-state index contributed by atoms with van der Waals surface area (Å²) in [6.07, 6.45) is 6.14. The first-order valence-corrected chi connectivity index (χ1v) is 9.96. The highest BCUT2D eigenvalue weighted by atomic mass is 32.1. The number of rotatable bonds is 4. The molecule has 4 rings (SSSR count). The molecule has 0 fully saturated rings. The fourth-order valence-electron chi connectivity index (χ4n) is 3.04. The Balaban J connectivity index is 1.68. The molecule has 1 N–H and O–H groups in total. The maximum Gasteiger partial charge on any atom is 0.266 e. The van der Waals surface area contributed by atoms with Gasteiger partial charge in [-0.25, -0.2) is 9.67 Å². The van der Waals surface area contributed by atoms with Crippen LogP contribution in [-0.2, 0) is 10.3 Å². The Morgan fingerprint density at radius 3 is 2.97 bits per heavy atom. The molecule has 0 spiro atoms. The molecule has 0 saturated heterocycles. The second kappa shape index (κ2) is 7.32. The lowest BCUT2D eigenvalue weighted by molar-refractivity contribution is -0.120. The lowest BCUT2D eigenvalue weighted by Gasteiger charge is -2.27. The molecule has 3 aromatic rings. The van der Waals surface area contributed by atoms with Gasteiger partial charge in [0.2, 0.25) is 0 Å². The summed E-state index contributed by atoms with van der Waals surface area (Å²) in [6, 6.07) is 5.82. The van der Waals surface area contributed by atoms with Crippen molar-refractivity contribution in [1.82, 2.24) is 19.7 Å². The van der Waals surface area contributed by atoms with Gasteiger partial charge in [-0.15, -0.1) is 11.3 Å². The van der Waals surface area contributed by atoms with Gasteiger partial charge in [-0.2, -0.15) is 5.10 Å². The van der Waals surface area contributed by atoms with Crippen LogP contribution in [0.3, 0.4) is 0 Å². The number of hydrogen-bond acceptors (Lipinski definition) is 7. The molecule has 29 heavy (non-hydrogen) atoms. The van der Waals surface area contributed by atoms with Crippen LogP contribution in [-0.4, -0.2) is 45.7 Å². The van der Waals surface area contributed by atoms with E-state index in [1.165, 1.54) is 34.7 Å². The van der Waals surface area contributed by atoms with E-state index >= 15 is 0 Å². The summed E-state index contributed by atoms with van der Waals surface area (Å²) < 4.78 is 8.18. The number of aromatic amines is 1. The fourth-order valence-corrected chi connectivity index (χ4v) is 3.92. The summed E-state index contributed by atoms with van der Waals surface area (Å²) in [5.41, 5.74) is 0.767. The standard InChI is InChI=1S/C20H21N5O3S/c1-20(2,25-12-21-11-22-25)17(26)10-18-23-19(27)16(29-18)9-13-4-5-15-14(8-13)24(3)6-7-28-15/h4-5,8-12H,6-7H2,1-3H3,(H,23,27)/b16-9-,18-10+. The largest absolute Gasteiger partial charge is 0.490 e. The van der Waals surface area contributed by atoms with Gasteiger partial charge in [-0.3, -0.25) is 9.59 Å². The molecule has 0 radical (unpaired) electrons. The summed E-state index contributed by atoms with van der Waals surface area (Å²) in [4.78, 5) is 33.9. The van der Waals surface area contributed by atoms with Crippen LogP contribution in [0.15, 0.2) is 35.6 Å². The number of nitrogens with zero attached hydrogens (tertiary/aromatic N) is 4. The van der Waals surface area contributed by atoms with Crippen molar-refractivity contribution >= 4 is 35.0 Å². The molecule has 0 bridgehead atoms. The molecule has 0 atom stereocenters. The summed E-state index contributed by atoms with van der Waals surface area (Å²) >= 11 is 1.24. The molecule has 2 aromatic heterocycles. The van der Waals surface area contributed by atoms with Crippen LogP contribution >= 0.6 is 11.3 Å². The molecule has 9 heteroatoms.